The molecule has 0 aliphatic rings. The molecule has 15 heavy (non-hydrogen) atoms. The van der Waals surface area contributed by atoms with Gasteiger partial charge in [-0.2, -0.15) is 11.8 Å². The van der Waals surface area contributed by atoms with Gasteiger partial charge >= 0.3 is 5.97 Å². The zero-order chi connectivity index (χ0) is 12.1. The number of amidine groups is 1. The van der Waals surface area contributed by atoms with E-state index in [0.717, 1.165) is 0 Å². The van der Waals surface area contributed by atoms with E-state index in [4.69, 9.17) is 16.6 Å². The average Bonchev–Trinajstić information content (AvgIpc) is 2.11. The van der Waals surface area contributed by atoms with E-state index in [9.17, 15) is 4.79 Å². The van der Waals surface area contributed by atoms with Crippen LogP contribution in [-0.2, 0) is 4.79 Å². The fourth-order valence-electron chi connectivity index (χ4n) is 0.702. The summed E-state index contributed by atoms with van der Waals surface area (Å²) in [4.78, 5) is 14.8. The van der Waals surface area contributed by atoms with Crippen LogP contribution in [0.15, 0.2) is 4.99 Å². The third kappa shape index (κ3) is 6.35. The molecule has 0 radical (unpaired) electrons. The lowest BCUT2D eigenvalue weighted by Gasteiger charge is -2.20. The van der Waals surface area contributed by atoms with Crippen molar-refractivity contribution >= 4 is 23.6 Å². The molecular weight excluding hydrogens is 214 g/mol. The summed E-state index contributed by atoms with van der Waals surface area (Å²) in [5.41, 5.74) is 9.80. The maximum absolute atomic E-state index is 10.7. The van der Waals surface area contributed by atoms with Gasteiger partial charge in [0.1, 0.15) is 5.54 Å². The minimum absolute atomic E-state index is 0.214. The Hall–Kier alpha value is -0.750. The number of carboxylic acids is 1. The molecule has 0 aromatic rings. The molecule has 0 saturated carbocycles. The van der Waals surface area contributed by atoms with Crippen molar-refractivity contribution in [2.75, 3.05) is 12.3 Å². The predicted octanol–water partition coefficient (Wildman–Crippen LogP) is 0.287. The molecule has 0 aliphatic heterocycles. The number of nitrogens with two attached hydrogens (primary N) is 2. The first-order chi connectivity index (χ1) is 6.75. The average molecular weight is 233 g/mol. The van der Waals surface area contributed by atoms with Crippen molar-refractivity contribution in [3.8, 4) is 0 Å². The predicted molar refractivity (Wildman–Crippen MR) is 64.3 cm³/mol. The molecule has 2 atom stereocenters. The third-order valence-corrected chi connectivity index (χ3v) is 3.24. The maximum Gasteiger partial charge on any atom is 0.324 e. The van der Waals surface area contributed by atoms with Crippen LogP contribution in [0.5, 0.6) is 0 Å². The first kappa shape index (κ1) is 14.2. The number of carbonyl (C=O) groups is 1. The Balaban J connectivity index is 3.95. The third-order valence-electron chi connectivity index (χ3n) is 1.75. The first-order valence-corrected chi connectivity index (χ1v) is 5.71. The van der Waals surface area contributed by atoms with Crippen molar-refractivity contribution in [1.82, 2.24) is 0 Å². The molecule has 0 bridgehead atoms. The number of hydrogen-bond donors (Lipinski definition) is 3. The lowest BCUT2D eigenvalue weighted by Crippen LogP contribution is -2.47. The van der Waals surface area contributed by atoms with Crippen molar-refractivity contribution in [2.45, 2.75) is 31.6 Å². The zero-order valence-electron chi connectivity index (χ0n) is 9.36. The number of carboxylic acid groups (broad SMARTS) is 1. The molecule has 0 heterocycles. The molecule has 0 aromatic carbocycles. The van der Waals surface area contributed by atoms with Crippen molar-refractivity contribution in [2.24, 2.45) is 16.5 Å². The Kier molecular flexibility index (Phi) is 5.67. The summed E-state index contributed by atoms with van der Waals surface area (Å²) in [6, 6.07) is 0. The number of rotatable bonds is 6. The second-order valence-corrected chi connectivity index (χ2v) is 5.25. The SMILES string of the molecule is CC(N)=NCC(C)SC[C@](C)(N)C(=O)O. The van der Waals surface area contributed by atoms with Crippen molar-refractivity contribution in [1.29, 1.82) is 0 Å². The maximum atomic E-state index is 10.7. The van der Waals surface area contributed by atoms with Gasteiger partial charge in [-0.25, -0.2) is 0 Å². The molecule has 0 saturated heterocycles. The van der Waals surface area contributed by atoms with Crippen LogP contribution in [0.25, 0.3) is 0 Å². The van der Waals surface area contributed by atoms with E-state index in [-0.39, 0.29) is 5.25 Å². The normalized spacial score (nSPS) is 18.3. The lowest BCUT2D eigenvalue weighted by molar-refractivity contribution is -0.141. The minimum atomic E-state index is -1.18. The highest BCUT2D eigenvalue weighted by Crippen LogP contribution is 2.16. The van der Waals surface area contributed by atoms with Gasteiger partial charge in [-0.1, -0.05) is 6.92 Å². The van der Waals surface area contributed by atoms with Crippen LogP contribution in [0, 0.1) is 0 Å². The molecule has 88 valence electrons. The molecule has 0 amide bonds. The Morgan fingerprint density at radius 1 is 1.67 bits per heavy atom. The van der Waals surface area contributed by atoms with Crippen LogP contribution in [-0.4, -0.2) is 40.0 Å². The number of aliphatic imine (C=N–C) groups is 1. The van der Waals surface area contributed by atoms with E-state index in [0.29, 0.717) is 18.1 Å². The quantitative estimate of drug-likeness (QED) is 0.452. The summed E-state index contributed by atoms with van der Waals surface area (Å²) < 4.78 is 0. The van der Waals surface area contributed by atoms with Crippen LogP contribution in [0.1, 0.15) is 20.8 Å². The molecular formula is C9H19N3O2S. The molecule has 5 nitrogen and oxygen atoms in total. The van der Waals surface area contributed by atoms with Crippen molar-refractivity contribution in [3.63, 3.8) is 0 Å². The van der Waals surface area contributed by atoms with Crippen LogP contribution in [0.3, 0.4) is 0 Å². The molecule has 0 rings (SSSR count). The van der Waals surface area contributed by atoms with Gasteiger partial charge in [0.25, 0.3) is 0 Å². The lowest BCUT2D eigenvalue weighted by atomic mass is 10.1. The van der Waals surface area contributed by atoms with Gasteiger partial charge in [-0.3, -0.25) is 9.79 Å². The van der Waals surface area contributed by atoms with Crippen LogP contribution in [0.4, 0.5) is 0 Å². The largest absolute Gasteiger partial charge is 0.480 e. The van der Waals surface area contributed by atoms with Gasteiger partial charge in [-0.05, 0) is 13.8 Å². The van der Waals surface area contributed by atoms with E-state index >= 15 is 0 Å². The van der Waals surface area contributed by atoms with Gasteiger partial charge < -0.3 is 16.6 Å². The molecule has 6 heteroatoms. The van der Waals surface area contributed by atoms with E-state index in [1.54, 1.807) is 6.92 Å². The zero-order valence-corrected chi connectivity index (χ0v) is 10.2. The monoisotopic (exact) mass is 233 g/mol. The Morgan fingerprint density at radius 2 is 2.20 bits per heavy atom. The Morgan fingerprint density at radius 3 is 2.60 bits per heavy atom. The van der Waals surface area contributed by atoms with E-state index < -0.39 is 11.5 Å². The Bertz CT molecular complexity index is 250. The summed E-state index contributed by atoms with van der Waals surface area (Å²) in [5.74, 6) is -0.0836. The van der Waals surface area contributed by atoms with Crippen LogP contribution < -0.4 is 11.5 Å². The molecule has 1 unspecified atom stereocenters. The molecule has 0 fully saturated rings. The standard InChI is InChI=1S/C9H19N3O2S/c1-6(4-12-7(2)10)15-5-9(3,11)8(13)14/h6H,4-5,11H2,1-3H3,(H2,10,12)(H,13,14)/t6?,9-/m0/s1. The summed E-state index contributed by atoms with van der Waals surface area (Å²) in [6.45, 7) is 5.78. The molecule has 0 aliphatic carbocycles. The highest BCUT2D eigenvalue weighted by atomic mass is 32.2. The number of thioether (sulfide) groups is 1. The van der Waals surface area contributed by atoms with Gasteiger partial charge in [0.05, 0.1) is 12.4 Å². The van der Waals surface area contributed by atoms with Crippen molar-refractivity contribution < 1.29 is 9.90 Å². The number of hydrogen-bond acceptors (Lipinski definition) is 4. The highest BCUT2D eigenvalue weighted by molar-refractivity contribution is 8.00. The van der Waals surface area contributed by atoms with Crippen LogP contribution in [0.2, 0.25) is 0 Å². The smallest absolute Gasteiger partial charge is 0.324 e. The first-order valence-electron chi connectivity index (χ1n) is 4.66. The van der Waals surface area contributed by atoms with Crippen molar-refractivity contribution in [3.05, 3.63) is 0 Å². The van der Waals surface area contributed by atoms with Crippen LogP contribution >= 0.6 is 11.8 Å². The van der Waals surface area contributed by atoms with E-state index in [2.05, 4.69) is 4.99 Å². The number of aliphatic carboxylic acids is 1. The second-order valence-electron chi connectivity index (χ2n) is 3.83. The van der Waals surface area contributed by atoms with E-state index in [1.807, 2.05) is 6.92 Å². The molecule has 0 spiro atoms. The fraction of sp³-hybridized carbons (Fsp3) is 0.778. The second kappa shape index (κ2) is 5.97. The van der Waals surface area contributed by atoms with Gasteiger partial charge in [0.2, 0.25) is 0 Å². The molecule has 5 N–H and O–H groups in total. The fourth-order valence-corrected chi connectivity index (χ4v) is 1.64. The summed E-state index contributed by atoms with van der Waals surface area (Å²) in [5, 5.41) is 9.00. The Labute approximate surface area is 94.3 Å². The number of nitrogens with zero attached hydrogens (tertiary/aromatic N) is 1. The van der Waals surface area contributed by atoms with E-state index in [1.165, 1.54) is 18.7 Å². The highest BCUT2D eigenvalue weighted by Gasteiger charge is 2.28. The minimum Gasteiger partial charge on any atom is -0.480 e. The topological polar surface area (TPSA) is 102 Å². The summed E-state index contributed by atoms with van der Waals surface area (Å²) >= 11 is 1.49. The van der Waals surface area contributed by atoms with Gasteiger partial charge in [0, 0.05) is 11.0 Å². The van der Waals surface area contributed by atoms with Gasteiger partial charge in [0.15, 0.2) is 0 Å². The molecule has 0 aromatic heterocycles. The summed E-state index contributed by atoms with van der Waals surface area (Å²) in [7, 11) is 0. The summed E-state index contributed by atoms with van der Waals surface area (Å²) in [6.07, 6.45) is 0. The van der Waals surface area contributed by atoms with Gasteiger partial charge in [-0.15, -0.1) is 0 Å².